The third-order valence-electron chi connectivity index (χ3n) is 5.34. The first-order valence-corrected chi connectivity index (χ1v) is 9.73. The number of hydrogen-bond acceptors (Lipinski definition) is 4. The normalized spacial score (nSPS) is 25.2. The Hall–Kier alpha value is -2.11. The lowest BCUT2D eigenvalue weighted by Gasteiger charge is -2.23. The molecule has 27 heavy (non-hydrogen) atoms. The quantitative estimate of drug-likeness (QED) is 0.271. The summed E-state index contributed by atoms with van der Waals surface area (Å²) in [6.45, 7) is 10.00. The molecule has 0 aromatic carbocycles. The van der Waals surface area contributed by atoms with E-state index in [0.29, 0.717) is 18.6 Å². The van der Waals surface area contributed by atoms with Crippen molar-refractivity contribution in [1.29, 1.82) is 0 Å². The molecule has 0 aromatic rings. The maximum absolute atomic E-state index is 11.1. The van der Waals surface area contributed by atoms with Gasteiger partial charge in [-0.15, -0.1) is 0 Å². The average molecular weight is 380 g/mol. The summed E-state index contributed by atoms with van der Waals surface area (Å²) in [5.74, 6) is -3.76. The Labute approximate surface area is 161 Å². The van der Waals surface area contributed by atoms with Crippen molar-refractivity contribution in [2.24, 2.45) is 23.7 Å². The van der Waals surface area contributed by atoms with Gasteiger partial charge in [-0.25, -0.2) is 4.79 Å². The molecule has 0 spiro atoms. The van der Waals surface area contributed by atoms with Crippen molar-refractivity contribution in [3.05, 3.63) is 23.8 Å². The molecule has 0 aromatic heterocycles. The number of carbonyl (C=O) groups excluding carboxylic acids is 1. The predicted octanol–water partition coefficient (Wildman–Crippen LogP) is 4.06. The van der Waals surface area contributed by atoms with E-state index in [1.807, 2.05) is 19.9 Å². The molecule has 1 fully saturated rings. The van der Waals surface area contributed by atoms with Gasteiger partial charge in [-0.1, -0.05) is 44.4 Å². The number of carboxylic acids is 2. The molecule has 0 aliphatic heterocycles. The van der Waals surface area contributed by atoms with Crippen LogP contribution in [0.3, 0.4) is 0 Å². The third-order valence-corrected chi connectivity index (χ3v) is 5.34. The van der Waals surface area contributed by atoms with E-state index in [9.17, 15) is 14.4 Å². The Bertz CT molecular complexity index is 591. The van der Waals surface area contributed by atoms with Crippen LogP contribution in [-0.2, 0) is 19.1 Å². The highest BCUT2D eigenvalue weighted by Gasteiger charge is 2.53. The van der Waals surface area contributed by atoms with Crippen LogP contribution in [0.4, 0.5) is 0 Å². The molecule has 6 nitrogen and oxygen atoms in total. The van der Waals surface area contributed by atoms with Gasteiger partial charge in [-0.2, -0.15) is 0 Å². The Morgan fingerprint density at radius 2 is 1.74 bits per heavy atom. The van der Waals surface area contributed by atoms with Gasteiger partial charge < -0.3 is 14.9 Å². The summed E-state index contributed by atoms with van der Waals surface area (Å²) in [6.07, 6.45) is 8.06. The van der Waals surface area contributed by atoms with E-state index in [0.717, 1.165) is 18.4 Å². The fourth-order valence-electron chi connectivity index (χ4n) is 3.97. The van der Waals surface area contributed by atoms with Gasteiger partial charge in [0, 0.05) is 5.57 Å². The van der Waals surface area contributed by atoms with Gasteiger partial charge in [-0.3, -0.25) is 9.59 Å². The third kappa shape index (κ3) is 6.22. The van der Waals surface area contributed by atoms with Crippen molar-refractivity contribution in [3.63, 3.8) is 0 Å². The van der Waals surface area contributed by atoms with E-state index >= 15 is 0 Å². The molecule has 2 rings (SSSR count). The average Bonchev–Trinajstić information content (AvgIpc) is 3.16. The number of allylic oxidation sites excluding steroid dienone is 2. The van der Waals surface area contributed by atoms with E-state index in [4.69, 9.17) is 14.9 Å². The first-order valence-electron chi connectivity index (χ1n) is 9.73. The van der Waals surface area contributed by atoms with Crippen molar-refractivity contribution in [1.82, 2.24) is 0 Å². The molecule has 0 heterocycles. The highest BCUT2D eigenvalue weighted by Crippen LogP contribution is 2.51. The van der Waals surface area contributed by atoms with Gasteiger partial charge in [0.15, 0.2) is 0 Å². The molecule has 6 heteroatoms. The van der Waals surface area contributed by atoms with Gasteiger partial charge in [0.2, 0.25) is 0 Å². The van der Waals surface area contributed by atoms with Gasteiger partial charge >= 0.3 is 17.9 Å². The molecule has 4 unspecified atom stereocenters. The molecule has 2 bridgehead atoms. The van der Waals surface area contributed by atoms with Gasteiger partial charge in [0.1, 0.15) is 0 Å². The molecule has 0 saturated heterocycles. The molecule has 2 aliphatic rings. The summed E-state index contributed by atoms with van der Waals surface area (Å²) in [4.78, 5) is 33.0. The smallest absolute Gasteiger partial charge is 0.333 e. The summed E-state index contributed by atoms with van der Waals surface area (Å²) in [6, 6.07) is 0. The summed E-state index contributed by atoms with van der Waals surface area (Å²) in [5, 5.41) is 17.9. The number of hydrogen-bond donors (Lipinski definition) is 2. The minimum atomic E-state index is -0.978. The van der Waals surface area contributed by atoms with E-state index in [1.165, 1.54) is 19.3 Å². The minimum Gasteiger partial charge on any atom is -0.481 e. The molecule has 4 atom stereocenters. The van der Waals surface area contributed by atoms with Crippen LogP contribution in [0.5, 0.6) is 0 Å². The molecule has 0 amide bonds. The van der Waals surface area contributed by atoms with Gasteiger partial charge in [0.25, 0.3) is 0 Å². The minimum absolute atomic E-state index is 0.0569. The Kier molecular flexibility index (Phi) is 9.26. The fourth-order valence-corrected chi connectivity index (χ4v) is 3.97. The van der Waals surface area contributed by atoms with Crippen LogP contribution in [0.2, 0.25) is 0 Å². The second-order valence-corrected chi connectivity index (χ2v) is 7.28. The number of fused-ring (bicyclic) bond motifs is 2. The van der Waals surface area contributed by atoms with Gasteiger partial charge in [0.05, 0.1) is 18.4 Å². The van der Waals surface area contributed by atoms with Crippen LogP contribution in [-0.4, -0.2) is 34.7 Å². The molecule has 2 N–H and O–H groups in total. The van der Waals surface area contributed by atoms with Crippen LogP contribution < -0.4 is 0 Å². The molecular weight excluding hydrogens is 348 g/mol. The van der Waals surface area contributed by atoms with E-state index in [-0.39, 0.29) is 17.8 Å². The second-order valence-electron chi connectivity index (χ2n) is 7.28. The van der Waals surface area contributed by atoms with Crippen molar-refractivity contribution in [3.8, 4) is 0 Å². The van der Waals surface area contributed by atoms with Crippen LogP contribution in [0.1, 0.15) is 59.3 Å². The molecule has 0 radical (unpaired) electrons. The Balaban J connectivity index is 0.000000271. The van der Waals surface area contributed by atoms with Crippen molar-refractivity contribution in [2.45, 2.75) is 59.3 Å². The van der Waals surface area contributed by atoms with Crippen LogP contribution in [0, 0.1) is 23.7 Å². The highest BCUT2D eigenvalue weighted by molar-refractivity contribution is 5.87. The van der Waals surface area contributed by atoms with Crippen molar-refractivity contribution in [2.75, 3.05) is 6.61 Å². The number of unbranched alkanes of at least 4 members (excludes halogenated alkanes) is 3. The number of ether oxygens (including phenoxy) is 1. The van der Waals surface area contributed by atoms with E-state index < -0.39 is 23.8 Å². The van der Waals surface area contributed by atoms with Crippen molar-refractivity contribution < 1.29 is 29.3 Å². The van der Waals surface area contributed by atoms with Crippen LogP contribution in [0.15, 0.2) is 23.8 Å². The number of rotatable bonds is 9. The zero-order valence-corrected chi connectivity index (χ0v) is 16.6. The SMILES string of the molecule is C=C(CCCCCC)C(=O)OCC.CC1=CC2CC1C(C(=O)O)C2C(=O)O. The lowest BCUT2D eigenvalue weighted by atomic mass is 9.80. The number of aliphatic carboxylic acids is 2. The first kappa shape index (κ1) is 22.9. The number of carboxylic acid groups (broad SMARTS) is 2. The maximum Gasteiger partial charge on any atom is 0.333 e. The topological polar surface area (TPSA) is 101 Å². The largest absolute Gasteiger partial charge is 0.481 e. The number of esters is 1. The zero-order valence-electron chi connectivity index (χ0n) is 16.6. The maximum atomic E-state index is 11.1. The van der Waals surface area contributed by atoms with Gasteiger partial charge in [-0.05, 0) is 44.9 Å². The summed E-state index contributed by atoms with van der Waals surface area (Å²) >= 11 is 0. The van der Waals surface area contributed by atoms with Crippen LogP contribution in [0.25, 0.3) is 0 Å². The Morgan fingerprint density at radius 3 is 2.26 bits per heavy atom. The van der Waals surface area contributed by atoms with Crippen LogP contribution >= 0.6 is 0 Å². The van der Waals surface area contributed by atoms with Crippen molar-refractivity contribution >= 4 is 17.9 Å². The monoisotopic (exact) mass is 380 g/mol. The molecule has 2 aliphatic carbocycles. The lowest BCUT2D eigenvalue weighted by Crippen LogP contribution is -2.33. The van der Waals surface area contributed by atoms with E-state index in [2.05, 4.69) is 13.5 Å². The Morgan fingerprint density at radius 1 is 1.11 bits per heavy atom. The predicted molar refractivity (Wildman–Crippen MR) is 102 cm³/mol. The molecular formula is C21H32O6. The first-order chi connectivity index (χ1) is 12.7. The zero-order chi connectivity index (χ0) is 20.6. The second kappa shape index (κ2) is 10.9. The summed E-state index contributed by atoms with van der Waals surface area (Å²) in [7, 11) is 0. The van der Waals surface area contributed by atoms with E-state index in [1.54, 1.807) is 0 Å². The molecule has 152 valence electrons. The number of carbonyl (C=O) groups is 3. The fraction of sp³-hybridized carbons (Fsp3) is 0.667. The summed E-state index contributed by atoms with van der Waals surface area (Å²) < 4.78 is 4.82. The molecule has 1 saturated carbocycles. The summed E-state index contributed by atoms with van der Waals surface area (Å²) in [5.41, 5.74) is 1.65. The lowest BCUT2D eigenvalue weighted by molar-refractivity contribution is -0.154. The highest BCUT2D eigenvalue weighted by atomic mass is 16.5. The standard InChI is InChI=1S/C11H20O2.C10H12O4/c1-4-6-7-8-9-10(3)11(12)13-5-2;1-4-2-5-3-6(4)8(10(13)14)7(5)9(11)12/h3-9H2,1-2H3;2,5-8H,3H2,1H3,(H,11,12)(H,13,14).